The normalized spacial score (nSPS) is 11.3. The molecule has 0 aliphatic rings. The van der Waals surface area contributed by atoms with Gasteiger partial charge in [-0.05, 0) is 50.6 Å². The molecule has 1 heterocycles. The van der Waals surface area contributed by atoms with E-state index in [0.717, 1.165) is 11.3 Å². The Morgan fingerprint density at radius 1 is 1.16 bits per heavy atom. The second-order valence-corrected chi connectivity index (χ2v) is 5.37. The zero-order chi connectivity index (χ0) is 14.0. The number of anilines is 1. The summed E-state index contributed by atoms with van der Waals surface area (Å²) in [5.41, 5.74) is 7.55. The van der Waals surface area contributed by atoms with Gasteiger partial charge in [0.25, 0.3) is 0 Å². The third kappa shape index (κ3) is 3.16. The summed E-state index contributed by atoms with van der Waals surface area (Å²) in [5, 5.41) is 0. The number of benzene rings is 1. The standard InChI is InChI=1S/C15H18N2O2/c1-15(2,3)19-14(18)17-10-4-5-13(17)11-6-8-12(16)9-7-11/h4-10H,16H2,1-3H3. The van der Waals surface area contributed by atoms with E-state index in [1.165, 1.54) is 4.57 Å². The van der Waals surface area contributed by atoms with E-state index in [2.05, 4.69) is 0 Å². The molecule has 0 saturated heterocycles. The number of carbonyl (C=O) groups is 1. The predicted octanol–water partition coefficient (Wildman–Crippen LogP) is 3.52. The molecule has 4 nitrogen and oxygen atoms in total. The van der Waals surface area contributed by atoms with Crippen LogP contribution in [-0.4, -0.2) is 16.3 Å². The minimum atomic E-state index is -0.514. The molecule has 0 unspecified atom stereocenters. The van der Waals surface area contributed by atoms with Crippen LogP contribution >= 0.6 is 0 Å². The van der Waals surface area contributed by atoms with Crippen molar-refractivity contribution in [2.45, 2.75) is 26.4 Å². The fraction of sp³-hybridized carbons (Fsp3) is 0.267. The maximum atomic E-state index is 12.1. The van der Waals surface area contributed by atoms with Crippen molar-refractivity contribution in [1.29, 1.82) is 0 Å². The van der Waals surface area contributed by atoms with E-state index in [1.807, 2.05) is 57.2 Å². The van der Waals surface area contributed by atoms with Crippen molar-refractivity contribution in [1.82, 2.24) is 4.57 Å². The van der Waals surface area contributed by atoms with Gasteiger partial charge in [0.2, 0.25) is 0 Å². The lowest BCUT2D eigenvalue weighted by Crippen LogP contribution is -2.27. The van der Waals surface area contributed by atoms with Gasteiger partial charge in [0.15, 0.2) is 0 Å². The summed E-state index contributed by atoms with van der Waals surface area (Å²) in [6, 6.07) is 11.1. The molecule has 2 aromatic rings. The van der Waals surface area contributed by atoms with Crippen LogP contribution in [0.2, 0.25) is 0 Å². The highest BCUT2D eigenvalue weighted by Gasteiger charge is 2.19. The first-order chi connectivity index (χ1) is 8.87. The van der Waals surface area contributed by atoms with Crippen molar-refractivity contribution >= 4 is 11.8 Å². The fourth-order valence-corrected chi connectivity index (χ4v) is 1.74. The Balaban J connectivity index is 2.32. The first kappa shape index (κ1) is 13.2. The number of nitrogen functional groups attached to an aromatic ring is 1. The lowest BCUT2D eigenvalue weighted by atomic mass is 10.1. The molecular formula is C15H18N2O2. The minimum Gasteiger partial charge on any atom is -0.443 e. The molecule has 0 saturated carbocycles. The van der Waals surface area contributed by atoms with Gasteiger partial charge in [0.05, 0.1) is 5.69 Å². The molecule has 1 aromatic carbocycles. The third-order valence-corrected chi connectivity index (χ3v) is 2.55. The molecular weight excluding hydrogens is 240 g/mol. The zero-order valence-corrected chi connectivity index (χ0v) is 11.4. The van der Waals surface area contributed by atoms with Crippen LogP contribution in [0.25, 0.3) is 11.3 Å². The summed E-state index contributed by atoms with van der Waals surface area (Å²) >= 11 is 0. The van der Waals surface area contributed by atoms with Crippen molar-refractivity contribution in [2.24, 2.45) is 0 Å². The topological polar surface area (TPSA) is 57.2 Å². The van der Waals surface area contributed by atoms with Crippen LogP contribution < -0.4 is 5.73 Å². The number of hydrogen-bond acceptors (Lipinski definition) is 3. The van der Waals surface area contributed by atoms with Gasteiger partial charge in [0.1, 0.15) is 5.60 Å². The molecule has 19 heavy (non-hydrogen) atoms. The number of hydrogen-bond donors (Lipinski definition) is 1. The number of nitrogens with zero attached hydrogens (tertiary/aromatic N) is 1. The first-order valence-corrected chi connectivity index (χ1v) is 6.13. The van der Waals surface area contributed by atoms with E-state index in [0.29, 0.717) is 5.69 Å². The second-order valence-electron chi connectivity index (χ2n) is 5.37. The van der Waals surface area contributed by atoms with Crippen molar-refractivity contribution in [3.05, 3.63) is 42.6 Å². The van der Waals surface area contributed by atoms with Crippen LogP contribution in [0.5, 0.6) is 0 Å². The highest BCUT2D eigenvalue weighted by Crippen LogP contribution is 2.22. The average Bonchev–Trinajstić information content (AvgIpc) is 2.76. The van der Waals surface area contributed by atoms with Gasteiger partial charge in [0, 0.05) is 11.9 Å². The van der Waals surface area contributed by atoms with Crippen LogP contribution in [0.15, 0.2) is 42.6 Å². The molecule has 0 aliphatic carbocycles. The van der Waals surface area contributed by atoms with Crippen molar-refractivity contribution < 1.29 is 9.53 Å². The van der Waals surface area contributed by atoms with E-state index < -0.39 is 5.60 Å². The van der Waals surface area contributed by atoms with E-state index in [4.69, 9.17) is 10.5 Å². The van der Waals surface area contributed by atoms with Gasteiger partial charge < -0.3 is 10.5 Å². The molecule has 0 spiro atoms. The van der Waals surface area contributed by atoms with Crippen molar-refractivity contribution in [3.8, 4) is 11.3 Å². The van der Waals surface area contributed by atoms with Gasteiger partial charge >= 0.3 is 6.09 Å². The fourth-order valence-electron chi connectivity index (χ4n) is 1.74. The van der Waals surface area contributed by atoms with Crippen LogP contribution in [0, 0.1) is 0 Å². The summed E-state index contributed by atoms with van der Waals surface area (Å²) < 4.78 is 6.86. The quantitative estimate of drug-likeness (QED) is 0.796. The van der Waals surface area contributed by atoms with Gasteiger partial charge in [-0.25, -0.2) is 4.79 Å². The zero-order valence-electron chi connectivity index (χ0n) is 11.4. The van der Waals surface area contributed by atoms with E-state index in [1.54, 1.807) is 6.20 Å². The highest BCUT2D eigenvalue weighted by molar-refractivity contribution is 5.79. The summed E-state index contributed by atoms with van der Waals surface area (Å²) in [6.45, 7) is 5.53. The molecule has 0 fully saturated rings. The second kappa shape index (κ2) is 4.80. The maximum Gasteiger partial charge on any atom is 0.418 e. The predicted molar refractivity (Wildman–Crippen MR) is 75.9 cm³/mol. The number of ether oxygens (including phenoxy) is 1. The van der Waals surface area contributed by atoms with Crippen LogP contribution in [0.4, 0.5) is 10.5 Å². The molecule has 100 valence electrons. The average molecular weight is 258 g/mol. The smallest absolute Gasteiger partial charge is 0.418 e. The monoisotopic (exact) mass is 258 g/mol. The number of aromatic nitrogens is 1. The summed E-state index contributed by atoms with van der Waals surface area (Å²) in [5.74, 6) is 0. The van der Waals surface area contributed by atoms with Gasteiger partial charge in [-0.3, -0.25) is 4.57 Å². The highest BCUT2D eigenvalue weighted by atomic mass is 16.6. The molecule has 4 heteroatoms. The lowest BCUT2D eigenvalue weighted by Gasteiger charge is -2.20. The van der Waals surface area contributed by atoms with Crippen LogP contribution in [-0.2, 0) is 4.74 Å². The Labute approximate surface area is 112 Å². The first-order valence-electron chi connectivity index (χ1n) is 6.13. The van der Waals surface area contributed by atoms with E-state index >= 15 is 0 Å². The minimum absolute atomic E-state index is 0.385. The molecule has 1 aromatic heterocycles. The number of rotatable bonds is 1. The van der Waals surface area contributed by atoms with Crippen molar-refractivity contribution in [2.75, 3.05) is 5.73 Å². The summed E-state index contributed by atoms with van der Waals surface area (Å²) in [4.78, 5) is 12.1. The molecule has 2 N–H and O–H groups in total. The molecule has 0 radical (unpaired) electrons. The number of nitrogens with two attached hydrogens (primary N) is 1. The Morgan fingerprint density at radius 3 is 2.37 bits per heavy atom. The van der Waals surface area contributed by atoms with Crippen molar-refractivity contribution in [3.63, 3.8) is 0 Å². The molecule has 0 amide bonds. The summed E-state index contributed by atoms with van der Waals surface area (Å²) in [7, 11) is 0. The number of carbonyl (C=O) groups excluding carboxylic acids is 1. The maximum absolute atomic E-state index is 12.1. The summed E-state index contributed by atoms with van der Waals surface area (Å²) in [6.07, 6.45) is 1.31. The Bertz CT molecular complexity index is 577. The van der Waals surface area contributed by atoms with Gasteiger partial charge in [-0.1, -0.05) is 12.1 Å². The van der Waals surface area contributed by atoms with E-state index in [9.17, 15) is 4.79 Å². The van der Waals surface area contributed by atoms with Gasteiger partial charge in [-0.15, -0.1) is 0 Å². The Kier molecular flexibility index (Phi) is 3.34. The Morgan fingerprint density at radius 2 is 1.79 bits per heavy atom. The Hall–Kier alpha value is -2.23. The SMILES string of the molecule is CC(C)(C)OC(=O)n1cccc1-c1ccc(N)cc1. The molecule has 0 aliphatic heterocycles. The third-order valence-electron chi connectivity index (χ3n) is 2.55. The molecule has 0 bridgehead atoms. The molecule has 0 atom stereocenters. The lowest BCUT2D eigenvalue weighted by molar-refractivity contribution is 0.0540. The van der Waals surface area contributed by atoms with Crippen LogP contribution in [0.3, 0.4) is 0 Å². The van der Waals surface area contributed by atoms with Crippen LogP contribution in [0.1, 0.15) is 20.8 Å². The molecule has 2 rings (SSSR count). The van der Waals surface area contributed by atoms with Gasteiger partial charge in [-0.2, -0.15) is 0 Å². The largest absolute Gasteiger partial charge is 0.443 e. The van der Waals surface area contributed by atoms with E-state index in [-0.39, 0.29) is 6.09 Å².